The third kappa shape index (κ3) is 3.77. The lowest BCUT2D eigenvalue weighted by molar-refractivity contribution is -0.128. The van der Waals surface area contributed by atoms with Crippen LogP contribution in [0.2, 0.25) is 0 Å². The van der Waals surface area contributed by atoms with Crippen LogP contribution >= 0.6 is 27.7 Å². The Kier molecular flexibility index (Phi) is 5.27. The number of thioether (sulfide) groups is 1. The molecule has 2 heterocycles. The lowest BCUT2D eigenvalue weighted by Crippen LogP contribution is -2.28. The van der Waals surface area contributed by atoms with Gasteiger partial charge in [0, 0.05) is 34.5 Å². The SMILES string of the molecule is O=C1CSC(c2cnccc2-c2ccc(Br)cc2)N1Cc1ccccc1F. The van der Waals surface area contributed by atoms with Crippen molar-refractivity contribution in [1.29, 1.82) is 0 Å². The molecular weight excluding hydrogens is 427 g/mol. The molecule has 136 valence electrons. The van der Waals surface area contributed by atoms with Crippen LogP contribution < -0.4 is 0 Å². The zero-order valence-electron chi connectivity index (χ0n) is 14.3. The van der Waals surface area contributed by atoms with Gasteiger partial charge in [-0.15, -0.1) is 11.8 Å². The molecular formula is C21H16BrFN2OS. The van der Waals surface area contributed by atoms with Crippen molar-refractivity contribution in [2.75, 3.05) is 5.75 Å². The van der Waals surface area contributed by atoms with Crippen LogP contribution in [-0.2, 0) is 11.3 Å². The van der Waals surface area contributed by atoms with Crippen LogP contribution in [0.5, 0.6) is 0 Å². The number of carbonyl (C=O) groups is 1. The van der Waals surface area contributed by atoms with E-state index in [1.807, 2.05) is 36.5 Å². The van der Waals surface area contributed by atoms with Crippen LogP contribution in [0.4, 0.5) is 4.39 Å². The molecule has 1 unspecified atom stereocenters. The van der Waals surface area contributed by atoms with Gasteiger partial charge in [-0.2, -0.15) is 0 Å². The summed E-state index contributed by atoms with van der Waals surface area (Å²) in [6.07, 6.45) is 3.56. The Bertz CT molecular complexity index is 980. The predicted octanol–water partition coefficient (Wildman–Crippen LogP) is 5.42. The number of hydrogen-bond acceptors (Lipinski definition) is 3. The van der Waals surface area contributed by atoms with Crippen molar-refractivity contribution in [2.24, 2.45) is 0 Å². The van der Waals surface area contributed by atoms with Crippen LogP contribution in [0, 0.1) is 5.82 Å². The average Bonchev–Trinajstić information content (AvgIpc) is 3.05. The first kappa shape index (κ1) is 18.2. The van der Waals surface area contributed by atoms with E-state index >= 15 is 0 Å². The number of nitrogens with zero attached hydrogens (tertiary/aromatic N) is 2. The van der Waals surface area contributed by atoms with Gasteiger partial charge in [0.05, 0.1) is 5.75 Å². The van der Waals surface area contributed by atoms with Crippen LogP contribution in [-0.4, -0.2) is 21.5 Å². The van der Waals surface area contributed by atoms with Crippen LogP contribution in [0.15, 0.2) is 71.5 Å². The van der Waals surface area contributed by atoms with Crippen molar-refractivity contribution in [3.63, 3.8) is 0 Å². The Hall–Kier alpha value is -2.18. The van der Waals surface area contributed by atoms with E-state index < -0.39 is 0 Å². The van der Waals surface area contributed by atoms with Crippen molar-refractivity contribution in [2.45, 2.75) is 11.9 Å². The number of benzene rings is 2. The maximum absolute atomic E-state index is 14.1. The molecule has 2 aromatic carbocycles. The third-order valence-corrected chi connectivity index (χ3v) is 6.31. The van der Waals surface area contributed by atoms with Gasteiger partial charge in [0.2, 0.25) is 5.91 Å². The lowest BCUT2D eigenvalue weighted by atomic mass is 10.0. The van der Waals surface area contributed by atoms with Crippen LogP contribution in [0.25, 0.3) is 11.1 Å². The molecule has 1 aromatic heterocycles. The molecule has 4 rings (SSSR count). The van der Waals surface area contributed by atoms with E-state index in [2.05, 4.69) is 20.9 Å². The number of carbonyl (C=O) groups excluding carboxylic acids is 1. The summed E-state index contributed by atoms with van der Waals surface area (Å²) in [5.41, 5.74) is 3.57. The summed E-state index contributed by atoms with van der Waals surface area (Å²) in [6, 6.07) is 16.6. The Labute approximate surface area is 169 Å². The molecule has 1 fully saturated rings. The van der Waals surface area contributed by atoms with Gasteiger partial charge in [0.1, 0.15) is 11.2 Å². The van der Waals surface area contributed by atoms with E-state index in [0.29, 0.717) is 11.3 Å². The summed E-state index contributed by atoms with van der Waals surface area (Å²) < 4.78 is 15.1. The Morgan fingerprint density at radius 3 is 2.70 bits per heavy atom. The minimum atomic E-state index is -0.291. The normalized spacial score (nSPS) is 16.7. The molecule has 0 radical (unpaired) electrons. The zero-order valence-corrected chi connectivity index (χ0v) is 16.7. The number of aromatic nitrogens is 1. The minimum Gasteiger partial charge on any atom is -0.321 e. The molecule has 1 saturated heterocycles. The number of pyridine rings is 1. The van der Waals surface area contributed by atoms with E-state index in [1.165, 1.54) is 6.07 Å². The van der Waals surface area contributed by atoms with Gasteiger partial charge in [-0.3, -0.25) is 9.78 Å². The zero-order chi connectivity index (χ0) is 18.8. The van der Waals surface area contributed by atoms with Gasteiger partial charge in [0.15, 0.2) is 0 Å². The fourth-order valence-electron chi connectivity index (χ4n) is 3.19. The van der Waals surface area contributed by atoms with Crippen molar-refractivity contribution in [3.05, 3.63) is 88.4 Å². The highest BCUT2D eigenvalue weighted by molar-refractivity contribution is 9.10. The van der Waals surface area contributed by atoms with Gasteiger partial charge in [0.25, 0.3) is 0 Å². The average molecular weight is 443 g/mol. The van der Waals surface area contributed by atoms with Crippen LogP contribution in [0.1, 0.15) is 16.5 Å². The second-order valence-electron chi connectivity index (χ2n) is 6.25. The van der Waals surface area contributed by atoms with E-state index in [-0.39, 0.29) is 23.6 Å². The fraction of sp³-hybridized carbons (Fsp3) is 0.143. The summed E-state index contributed by atoms with van der Waals surface area (Å²) >= 11 is 5.01. The number of amides is 1. The standard InChI is InChI=1S/C21H16BrFN2OS/c22-16-7-5-14(6-8-16)17-9-10-24-11-18(17)21-25(20(26)13-27-21)12-15-3-1-2-4-19(15)23/h1-11,21H,12-13H2. The van der Waals surface area contributed by atoms with Crippen molar-refractivity contribution in [1.82, 2.24) is 9.88 Å². The first-order chi connectivity index (χ1) is 13.1. The first-order valence-corrected chi connectivity index (χ1v) is 10.3. The minimum absolute atomic E-state index is 0.0128. The van der Waals surface area contributed by atoms with Gasteiger partial charge >= 0.3 is 0 Å². The highest BCUT2D eigenvalue weighted by Crippen LogP contribution is 2.43. The molecule has 1 amide bonds. The quantitative estimate of drug-likeness (QED) is 0.540. The highest BCUT2D eigenvalue weighted by atomic mass is 79.9. The van der Waals surface area contributed by atoms with E-state index in [4.69, 9.17) is 0 Å². The molecule has 1 aliphatic heterocycles. The van der Waals surface area contributed by atoms with Gasteiger partial charge in [-0.05, 0) is 35.4 Å². The molecule has 27 heavy (non-hydrogen) atoms. The van der Waals surface area contributed by atoms with Gasteiger partial charge in [-0.25, -0.2) is 4.39 Å². The second kappa shape index (κ2) is 7.82. The van der Waals surface area contributed by atoms with Gasteiger partial charge in [-0.1, -0.05) is 46.3 Å². The molecule has 0 aliphatic carbocycles. The maximum atomic E-state index is 14.1. The molecule has 0 saturated carbocycles. The number of hydrogen-bond donors (Lipinski definition) is 0. The third-order valence-electron chi connectivity index (χ3n) is 4.54. The lowest BCUT2D eigenvalue weighted by Gasteiger charge is -2.26. The monoisotopic (exact) mass is 442 g/mol. The van der Waals surface area contributed by atoms with E-state index in [1.54, 1.807) is 41.1 Å². The molecule has 3 nitrogen and oxygen atoms in total. The summed E-state index contributed by atoms with van der Waals surface area (Å²) in [5.74, 6) is 0.104. The fourth-order valence-corrected chi connectivity index (χ4v) is 4.66. The molecule has 1 atom stereocenters. The Balaban J connectivity index is 1.71. The van der Waals surface area contributed by atoms with E-state index in [9.17, 15) is 9.18 Å². The first-order valence-electron chi connectivity index (χ1n) is 8.48. The molecule has 6 heteroatoms. The molecule has 1 aliphatic rings. The largest absolute Gasteiger partial charge is 0.321 e. The van der Waals surface area contributed by atoms with Crippen LogP contribution in [0.3, 0.4) is 0 Å². The van der Waals surface area contributed by atoms with E-state index in [0.717, 1.165) is 21.2 Å². The second-order valence-corrected chi connectivity index (χ2v) is 8.23. The smallest absolute Gasteiger partial charge is 0.234 e. The summed E-state index contributed by atoms with van der Waals surface area (Å²) in [7, 11) is 0. The number of halogens is 2. The van der Waals surface area contributed by atoms with Crippen molar-refractivity contribution in [3.8, 4) is 11.1 Å². The number of rotatable bonds is 4. The maximum Gasteiger partial charge on any atom is 0.234 e. The van der Waals surface area contributed by atoms with Gasteiger partial charge < -0.3 is 4.90 Å². The molecule has 0 N–H and O–H groups in total. The highest BCUT2D eigenvalue weighted by Gasteiger charge is 2.34. The Morgan fingerprint density at radius 1 is 1.15 bits per heavy atom. The molecule has 0 bridgehead atoms. The molecule has 0 spiro atoms. The van der Waals surface area contributed by atoms with Crippen molar-refractivity contribution < 1.29 is 9.18 Å². The van der Waals surface area contributed by atoms with Crippen molar-refractivity contribution >= 4 is 33.6 Å². The summed E-state index contributed by atoms with van der Waals surface area (Å²) in [5, 5.41) is -0.190. The Morgan fingerprint density at radius 2 is 1.93 bits per heavy atom. The molecule has 3 aromatic rings. The summed E-state index contributed by atoms with van der Waals surface area (Å²) in [6.45, 7) is 0.248. The predicted molar refractivity (Wildman–Crippen MR) is 110 cm³/mol. The summed E-state index contributed by atoms with van der Waals surface area (Å²) in [4.78, 5) is 18.5. The topological polar surface area (TPSA) is 33.2 Å².